The van der Waals surface area contributed by atoms with Crippen molar-refractivity contribution in [2.24, 2.45) is 0 Å². The maximum Gasteiger partial charge on any atom is 0.421 e. The molecule has 38 heavy (non-hydrogen) atoms. The molecule has 0 saturated carbocycles. The average Bonchev–Trinajstić information content (AvgIpc) is 3.54. The molecule has 2 aliphatic rings. The molecular formula is C26H27F5N6O. The minimum atomic E-state index is -4.75. The van der Waals surface area contributed by atoms with E-state index in [1.165, 1.54) is 0 Å². The summed E-state index contributed by atoms with van der Waals surface area (Å²) in [5, 5.41) is 3.78. The molecule has 2 fully saturated rings. The second-order valence-electron chi connectivity index (χ2n) is 9.57. The number of nitrogens with one attached hydrogen (secondary N) is 1. The molecule has 0 amide bonds. The Kier molecular flexibility index (Phi) is 7.10. The van der Waals surface area contributed by atoms with Gasteiger partial charge in [0.25, 0.3) is 0 Å². The average molecular weight is 535 g/mol. The Morgan fingerprint density at radius 3 is 2.39 bits per heavy atom. The molecule has 202 valence electrons. The van der Waals surface area contributed by atoms with Gasteiger partial charge in [-0.1, -0.05) is 30.3 Å². The van der Waals surface area contributed by atoms with E-state index in [-0.39, 0.29) is 30.0 Å². The van der Waals surface area contributed by atoms with Crippen LogP contribution in [-0.4, -0.2) is 54.7 Å². The van der Waals surface area contributed by atoms with Crippen LogP contribution in [0, 0.1) is 11.6 Å². The van der Waals surface area contributed by atoms with Gasteiger partial charge < -0.3 is 15.1 Å². The lowest BCUT2D eigenvalue weighted by Gasteiger charge is -2.26. The molecule has 0 aliphatic carbocycles. The van der Waals surface area contributed by atoms with Gasteiger partial charge in [-0.3, -0.25) is 4.84 Å². The minimum absolute atomic E-state index is 0.0280. The summed E-state index contributed by atoms with van der Waals surface area (Å²) < 4.78 is 71.7. The Morgan fingerprint density at radius 2 is 1.76 bits per heavy atom. The number of likely N-dealkylation sites (N-methyl/N-ethyl adjacent to an activating group) is 1. The largest absolute Gasteiger partial charge is 0.421 e. The summed E-state index contributed by atoms with van der Waals surface area (Å²) in [6.45, 7) is 1.19. The van der Waals surface area contributed by atoms with E-state index in [0.29, 0.717) is 25.7 Å². The van der Waals surface area contributed by atoms with Gasteiger partial charge in [-0.25, -0.2) is 18.8 Å². The molecule has 0 spiro atoms. The van der Waals surface area contributed by atoms with Crippen LogP contribution >= 0.6 is 0 Å². The van der Waals surface area contributed by atoms with Crippen molar-refractivity contribution in [1.82, 2.24) is 14.9 Å². The Bertz CT molecular complexity index is 1270. The molecule has 7 nitrogen and oxygen atoms in total. The summed E-state index contributed by atoms with van der Waals surface area (Å²) in [5.41, 5.74) is -0.475. The van der Waals surface area contributed by atoms with Gasteiger partial charge >= 0.3 is 6.18 Å². The SMILES string of the molecule is CN(C)[C@H]1CCN(c2c(F)cc(Nc3ncc(C(F)(F)F)c(N4OCC[C@H]4c4ccccc4)n3)cc2F)C1. The van der Waals surface area contributed by atoms with E-state index in [9.17, 15) is 13.2 Å². The fourth-order valence-electron chi connectivity index (χ4n) is 4.89. The highest BCUT2D eigenvalue weighted by atomic mass is 19.4. The van der Waals surface area contributed by atoms with Crippen molar-refractivity contribution >= 4 is 23.1 Å². The van der Waals surface area contributed by atoms with E-state index in [2.05, 4.69) is 15.3 Å². The molecule has 3 aromatic rings. The van der Waals surface area contributed by atoms with Gasteiger partial charge in [-0.05, 0) is 38.2 Å². The lowest BCUT2D eigenvalue weighted by atomic mass is 10.0. The highest BCUT2D eigenvalue weighted by Crippen LogP contribution is 2.42. The minimum Gasteiger partial charge on any atom is -0.365 e. The predicted octanol–water partition coefficient (Wildman–Crippen LogP) is 5.54. The van der Waals surface area contributed by atoms with Crippen LogP contribution in [0.4, 0.5) is 45.1 Å². The van der Waals surface area contributed by atoms with E-state index in [1.807, 2.05) is 25.1 Å². The standard InChI is InChI=1S/C26H27F5N6O/c1-35(2)18-8-10-36(15-18)23-20(27)12-17(13-21(23)28)33-25-32-14-19(26(29,30)31)24(34-25)37-22(9-11-38-37)16-6-4-3-5-7-16/h3-7,12-14,18,22H,8-11,15H2,1-2H3,(H,32,33,34)/t18-,22-/m0/s1. The fraction of sp³-hybridized carbons (Fsp3) is 0.385. The van der Waals surface area contributed by atoms with E-state index < -0.39 is 35.2 Å². The molecule has 0 bridgehead atoms. The van der Waals surface area contributed by atoms with Gasteiger partial charge in [0.05, 0.1) is 12.6 Å². The highest BCUT2D eigenvalue weighted by molar-refractivity contribution is 5.63. The predicted molar refractivity (Wildman–Crippen MR) is 133 cm³/mol. The summed E-state index contributed by atoms with van der Waals surface area (Å²) in [5.74, 6) is -2.31. The number of alkyl halides is 3. The zero-order chi connectivity index (χ0) is 27.0. The zero-order valence-electron chi connectivity index (χ0n) is 20.8. The molecule has 2 atom stereocenters. The quantitative estimate of drug-likeness (QED) is 0.417. The number of rotatable bonds is 6. The summed E-state index contributed by atoms with van der Waals surface area (Å²) in [4.78, 5) is 17.1. The van der Waals surface area contributed by atoms with Gasteiger partial charge in [0, 0.05) is 37.4 Å². The summed E-state index contributed by atoms with van der Waals surface area (Å²) in [7, 11) is 3.84. The lowest BCUT2D eigenvalue weighted by molar-refractivity contribution is -0.138. The third-order valence-electron chi connectivity index (χ3n) is 6.85. The van der Waals surface area contributed by atoms with Crippen molar-refractivity contribution in [3.63, 3.8) is 0 Å². The van der Waals surface area contributed by atoms with Crippen LogP contribution in [-0.2, 0) is 11.0 Å². The Hall–Kier alpha value is -3.51. The van der Waals surface area contributed by atoms with Crippen LogP contribution in [0.2, 0.25) is 0 Å². The number of hydroxylamine groups is 1. The summed E-state index contributed by atoms with van der Waals surface area (Å²) in [6.07, 6.45) is -2.88. The van der Waals surface area contributed by atoms with E-state index >= 15 is 8.78 Å². The summed E-state index contributed by atoms with van der Waals surface area (Å²) in [6, 6.07) is 10.8. The zero-order valence-corrected chi connectivity index (χ0v) is 20.8. The second-order valence-corrected chi connectivity index (χ2v) is 9.57. The first kappa shape index (κ1) is 26.1. The molecule has 2 aromatic carbocycles. The Morgan fingerprint density at radius 1 is 1.05 bits per heavy atom. The number of hydrogen-bond acceptors (Lipinski definition) is 7. The van der Waals surface area contributed by atoms with Gasteiger partial charge in [-0.2, -0.15) is 18.2 Å². The Labute approximate surface area is 216 Å². The number of halogens is 5. The van der Waals surface area contributed by atoms with Crippen molar-refractivity contribution in [2.45, 2.75) is 31.1 Å². The number of benzene rings is 2. The van der Waals surface area contributed by atoms with Crippen LogP contribution in [0.5, 0.6) is 0 Å². The molecule has 2 aliphatic heterocycles. The van der Waals surface area contributed by atoms with E-state index in [1.54, 1.807) is 29.2 Å². The number of anilines is 4. The van der Waals surface area contributed by atoms with Gasteiger partial charge in [0.2, 0.25) is 5.95 Å². The van der Waals surface area contributed by atoms with Crippen LogP contribution in [0.3, 0.4) is 0 Å². The number of nitrogens with zero attached hydrogens (tertiary/aromatic N) is 5. The monoisotopic (exact) mass is 534 g/mol. The maximum atomic E-state index is 15.0. The highest BCUT2D eigenvalue weighted by Gasteiger charge is 2.40. The third kappa shape index (κ3) is 5.23. The molecule has 2 saturated heterocycles. The van der Waals surface area contributed by atoms with E-state index in [0.717, 1.165) is 29.2 Å². The van der Waals surface area contributed by atoms with Gasteiger partial charge in [-0.15, -0.1) is 0 Å². The topological polar surface area (TPSA) is 56.8 Å². The second kappa shape index (κ2) is 10.3. The molecule has 0 radical (unpaired) electrons. The maximum absolute atomic E-state index is 15.0. The third-order valence-corrected chi connectivity index (χ3v) is 6.85. The van der Waals surface area contributed by atoms with Crippen molar-refractivity contribution in [3.05, 3.63) is 71.4 Å². The first-order valence-corrected chi connectivity index (χ1v) is 12.2. The lowest BCUT2D eigenvalue weighted by Crippen LogP contribution is -2.32. The first-order chi connectivity index (χ1) is 18.1. The van der Waals surface area contributed by atoms with E-state index in [4.69, 9.17) is 4.84 Å². The fourth-order valence-corrected chi connectivity index (χ4v) is 4.89. The number of aromatic nitrogens is 2. The van der Waals surface area contributed by atoms with Crippen LogP contribution < -0.4 is 15.3 Å². The molecule has 12 heteroatoms. The molecule has 3 heterocycles. The normalized spacial score (nSPS) is 20.0. The molecule has 5 rings (SSSR count). The van der Waals surface area contributed by atoms with Crippen molar-refractivity contribution in [3.8, 4) is 0 Å². The van der Waals surface area contributed by atoms with Crippen LogP contribution in [0.15, 0.2) is 48.7 Å². The van der Waals surface area contributed by atoms with Crippen LogP contribution in [0.25, 0.3) is 0 Å². The van der Waals surface area contributed by atoms with Gasteiger partial charge in [0.1, 0.15) is 11.3 Å². The molecule has 1 N–H and O–H groups in total. The summed E-state index contributed by atoms with van der Waals surface area (Å²) >= 11 is 0. The van der Waals surface area contributed by atoms with Crippen LogP contribution in [0.1, 0.15) is 30.0 Å². The number of hydrogen-bond donors (Lipinski definition) is 1. The Balaban J connectivity index is 1.44. The smallest absolute Gasteiger partial charge is 0.365 e. The molecular weight excluding hydrogens is 507 g/mol. The van der Waals surface area contributed by atoms with Gasteiger partial charge in [0.15, 0.2) is 17.5 Å². The van der Waals surface area contributed by atoms with Crippen molar-refractivity contribution < 1.29 is 26.8 Å². The first-order valence-electron chi connectivity index (χ1n) is 12.2. The van der Waals surface area contributed by atoms with Crippen molar-refractivity contribution in [1.29, 1.82) is 0 Å². The van der Waals surface area contributed by atoms with Crippen molar-refractivity contribution in [2.75, 3.05) is 49.1 Å². The molecule has 0 unspecified atom stereocenters. The molecule has 1 aromatic heterocycles.